The highest BCUT2D eigenvalue weighted by Crippen LogP contribution is 2.29. The Bertz CT molecular complexity index is 1060. The van der Waals surface area contributed by atoms with Gasteiger partial charge in [-0.2, -0.15) is 4.39 Å². The van der Waals surface area contributed by atoms with Crippen LogP contribution in [0.3, 0.4) is 0 Å². The van der Waals surface area contributed by atoms with Crippen molar-refractivity contribution in [1.82, 2.24) is 25.2 Å². The lowest BCUT2D eigenvalue weighted by Crippen LogP contribution is -2.49. The molecule has 1 fully saturated rings. The van der Waals surface area contributed by atoms with Gasteiger partial charge in [-0.1, -0.05) is 13.0 Å². The highest BCUT2D eigenvalue weighted by Gasteiger charge is 2.28. The van der Waals surface area contributed by atoms with Gasteiger partial charge in [-0.05, 0) is 37.0 Å². The van der Waals surface area contributed by atoms with Crippen molar-refractivity contribution >= 4 is 17.2 Å². The number of nitrogens with one attached hydrogen (secondary N) is 2. The van der Waals surface area contributed by atoms with Crippen LogP contribution < -0.4 is 15.8 Å². The van der Waals surface area contributed by atoms with Crippen molar-refractivity contribution in [2.75, 3.05) is 38.1 Å². The lowest BCUT2D eigenvalue weighted by atomic mass is 10.2. The molecular weight excluding hydrogens is 399 g/mol. The Balaban J connectivity index is 1.40. The van der Waals surface area contributed by atoms with E-state index in [9.17, 15) is 14.0 Å². The first-order valence-electron chi connectivity index (χ1n) is 10.7. The number of carbonyl (C=O) groups excluding carboxylic acids is 1. The quantitative estimate of drug-likeness (QED) is 0.706. The first-order chi connectivity index (χ1) is 15.0. The number of halogens is 1. The molecule has 164 valence electrons. The van der Waals surface area contributed by atoms with Crippen LogP contribution in [0.2, 0.25) is 0 Å². The number of hydrogen-bond donors (Lipinski definition) is 2. The van der Waals surface area contributed by atoms with E-state index in [-0.39, 0.29) is 17.3 Å². The van der Waals surface area contributed by atoms with E-state index in [0.717, 1.165) is 31.5 Å². The molecule has 1 aliphatic carbocycles. The summed E-state index contributed by atoms with van der Waals surface area (Å²) in [5.74, 6) is -0.366. The average Bonchev–Trinajstić information content (AvgIpc) is 3.29. The van der Waals surface area contributed by atoms with Crippen molar-refractivity contribution in [3.05, 3.63) is 57.8 Å². The molecule has 0 saturated carbocycles. The number of aryl methyl sites for hydroxylation is 1. The van der Waals surface area contributed by atoms with E-state index in [1.807, 2.05) is 11.8 Å². The van der Waals surface area contributed by atoms with Crippen LogP contribution >= 0.6 is 0 Å². The number of carbonyl (C=O) groups is 1. The van der Waals surface area contributed by atoms with Crippen LogP contribution in [-0.4, -0.2) is 65.0 Å². The summed E-state index contributed by atoms with van der Waals surface area (Å²) in [4.78, 5) is 39.2. The highest BCUT2D eigenvalue weighted by molar-refractivity contribution is 5.92. The molecule has 1 amide bonds. The summed E-state index contributed by atoms with van der Waals surface area (Å²) in [7, 11) is 1.49. The third-order valence-electron chi connectivity index (χ3n) is 6.07. The fourth-order valence-electron chi connectivity index (χ4n) is 4.24. The molecule has 1 saturated heterocycles. The van der Waals surface area contributed by atoms with Gasteiger partial charge in [-0.15, -0.1) is 0 Å². The third-order valence-corrected chi connectivity index (χ3v) is 6.07. The van der Waals surface area contributed by atoms with Crippen molar-refractivity contribution in [2.24, 2.45) is 0 Å². The van der Waals surface area contributed by atoms with E-state index in [1.54, 1.807) is 18.3 Å². The van der Waals surface area contributed by atoms with Gasteiger partial charge in [-0.3, -0.25) is 14.5 Å². The number of H-pyrrole nitrogens is 1. The number of pyridine rings is 1. The minimum atomic E-state index is -0.622. The second-order valence-corrected chi connectivity index (χ2v) is 7.85. The lowest BCUT2D eigenvalue weighted by molar-refractivity contribution is 0.0957. The van der Waals surface area contributed by atoms with Crippen LogP contribution in [0.15, 0.2) is 29.2 Å². The molecule has 2 N–H and O–H groups in total. The number of nitrogens with zero attached hydrogens (tertiary/aromatic N) is 4. The van der Waals surface area contributed by atoms with E-state index >= 15 is 0 Å². The highest BCUT2D eigenvalue weighted by atomic mass is 19.1. The van der Waals surface area contributed by atoms with Crippen LogP contribution in [0.1, 0.15) is 41.6 Å². The van der Waals surface area contributed by atoms with Gasteiger partial charge >= 0.3 is 0 Å². The van der Waals surface area contributed by atoms with Crippen molar-refractivity contribution in [1.29, 1.82) is 0 Å². The second-order valence-electron chi connectivity index (χ2n) is 7.85. The number of hydrogen-bond acceptors (Lipinski definition) is 6. The van der Waals surface area contributed by atoms with Gasteiger partial charge in [0.1, 0.15) is 11.5 Å². The van der Waals surface area contributed by atoms with Gasteiger partial charge in [0.2, 0.25) is 5.95 Å². The van der Waals surface area contributed by atoms with E-state index in [4.69, 9.17) is 0 Å². The van der Waals surface area contributed by atoms with Crippen LogP contribution in [0.4, 0.5) is 10.1 Å². The van der Waals surface area contributed by atoms with Gasteiger partial charge in [0.25, 0.3) is 11.5 Å². The number of rotatable bonds is 5. The van der Waals surface area contributed by atoms with Crippen molar-refractivity contribution in [3.8, 4) is 0 Å². The largest absolute Gasteiger partial charge is 0.365 e. The topological polar surface area (TPSA) is 94.2 Å². The van der Waals surface area contributed by atoms with Gasteiger partial charge in [0.05, 0.1) is 5.69 Å². The first kappa shape index (κ1) is 21.2. The molecule has 2 aliphatic rings. The number of anilines is 1. The molecule has 0 radical (unpaired) electrons. The predicted octanol–water partition coefficient (Wildman–Crippen LogP) is 1.59. The zero-order chi connectivity index (χ0) is 22.0. The summed E-state index contributed by atoms with van der Waals surface area (Å²) in [6.45, 7) is 4.89. The van der Waals surface area contributed by atoms with E-state index in [1.165, 1.54) is 7.05 Å². The van der Waals surface area contributed by atoms with Crippen molar-refractivity contribution < 1.29 is 9.18 Å². The van der Waals surface area contributed by atoms with Gasteiger partial charge < -0.3 is 15.2 Å². The number of aromatic nitrogens is 3. The Morgan fingerprint density at radius 3 is 2.71 bits per heavy atom. The predicted molar refractivity (Wildman–Crippen MR) is 117 cm³/mol. The smallest absolute Gasteiger partial charge is 0.269 e. The standard InChI is InChI=1S/C22H27FN6O2/c1-3-14-13-25-20(27-21(14)30)15-4-5-16(12-15)28-8-10-29(11-9-28)18-7-6-17(22(31)24-2)26-19(18)23/h6-7,12-13,16H,3-5,8-11H2,1-2H3,(H,24,31)(H,25,27,30). The molecule has 9 heteroatoms. The maximum absolute atomic E-state index is 14.5. The molecule has 1 atom stereocenters. The van der Waals surface area contributed by atoms with Crippen LogP contribution in [0.5, 0.6) is 0 Å². The fourth-order valence-corrected chi connectivity index (χ4v) is 4.24. The molecule has 1 unspecified atom stereocenters. The van der Waals surface area contributed by atoms with E-state index < -0.39 is 11.9 Å². The molecule has 4 rings (SSSR count). The van der Waals surface area contributed by atoms with Crippen LogP contribution in [0.25, 0.3) is 5.57 Å². The van der Waals surface area contributed by atoms with Crippen LogP contribution in [0, 0.1) is 5.95 Å². The second kappa shape index (κ2) is 8.97. The molecule has 2 aromatic rings. The van der Waals surface area contributed by atoms with E-state index in [2.05, 4.69) is 31.2 Å². The molecule has 3 heterocycles. The maximum atomic E-state index is 14.5. The monoisotopic (exact) mass is 426 g/mol. The maximum Gasteiger partial charge on any atom is 0.269 e. The summed E-state index contributed by atoms with van der Waals surface area (Å²) >= 11 is 0. The molecule has 8 nitrogen and oxygen atoms in total. The minimum absolute atomic E-state index is 0.0662. The summed E-state index contributed by atoms with van der Waals surface area (Å²) < 4.78 is 14.5. The summed E-state index contributed by atoms with van der Waals surface area (Å²) in [6.07, 6.45) is 6.38. The van der Waals surface area contributed by atoms with Crippen LogP contribution in [-0.2, 0) is 6.42 Å². The summed E-state index contributed by atoms with van der Waals surface area (Å²) in [5.41, 5.74) is 2.20. The molecule has 1 aliphatic heterocycles. The Hall–Kier alpha value is -3.07. The third kappa shape index (κ3) is 4.36. The molecule has 31 heavy (non-hydrogen) atoms. The fraction of sp³-hybridized carbons (Fsp3) is 0.455. The van der Waals surface area contributed by atoms with Crippen molar-refractivity contribution in [3.63, 3.8) is 0 Å². The number of amides is 1. The molecule has 0 bridgehead atoms. The zero-order valence-corrected chi connectivity index (χ0v) is 17.8. The summed E-state index contributed by atoms with van der Waals surface area (Å²) in [6, 6.07) is 3.46. The Kier molecular flexibility index (Phi) is 6.13. The minimum Gasteiger partial charge on any atom is -0.365 e. The molecule has 2 aromatic heterocycles. The number of allylic oxidation sites excluding steroid dienone is 1. The van der Waals surface area contributed by atoms with Gasteiger partial charge in [-0.25, -0.2) is 9.97 Å². The van der Waals surface area contributed by atoms with Gasteiger partial charge in [0.15, 0.2) is 0 Å². The van der Waals surface area contributed by atoms with Gasteiger partial charge in [0, 0.05) is 51.0 Å². The average molecular weight is 426 g/mol. The number of aromatic amines is 1. The lowest BCUT2D eigenvalue weighted by Gasteiger charge is -2.38. The Morgan fingerprint density at radius 2 is 2.06 bits per heavy atom. The molecule has 0 aromatic carbocycles. The molecule has 0 spiro atoms. The van der Waals surface area contributed by atoms with E-state index in [0.29, 0.717) is 36.6 Å². The van der Waals surface area contributed by atoms with Crippen molar-refractivity contribution in [2.45, 2.75) is 32.2 Å². The Labute approximate surface area is 180 Å². The number of piperazine rings is 1. The zero-order valence-electron chi connectivity index (χ0n) is 17.8. The SMILES string of the molecule is CCc1cnc(C2=CC(N3CCN(c4ccc(C(=O)NC)nc4F)CC3)CC2)[nH]c1=O. The Morgan fingerprint density at radius 1 is 1.29 bits per heavy atom. The first-order valence-corrected chi connectivity index (χ1v) is 10.7. The molecular formula is C22H27FN6O2. The normalized spacial score (nSPS) is 19.4. The summed E-state index contributed by atoms with van der Waals surface area (Å²) in [5, 5.41) is 2.45.